The van der Waals surface area contributed by atoms with Crippen molar-refractivity contribution in [3.63, 3.8) is 0 Å². The molecule has 0 saturated carbocycles. The highest BCUT2D eigenvalue weighted by atomic mass is 32.2. The summed E-state index contributed by atoms with van der Waals surface area (Å²) < 4.78 is 5.03. The molecule has 1 aromatic carbocycles. The van der Waals surface area contributed by atoms with Gasteiger partial charge in [-0.25, -0.2) is 0 Å². The molecule has 1 rings (SSSR count). The van der Waals surface area contributed by atoms with Gasteiger partial charge in [0.1, 0.15) is 5.75 Å². The average molecular weight is 182 g/mol. The first-order valence-corrected chi connectivity index (χ1v) is 4.72. The van der Waals surface area contributed by atoms with Crippen LogP contribution in [-0.2, 0) is 0 Å². The molecule has 0 heterocycles. The number of rotatable bonds is 3. The summed E-state index contributed by atoms with van der Waals surface area (Å²) in [5, 5.41) is 0. The Hall–Kier alpha value is -0.960. The maximum atomic E-state index is 10.7. The van der Waals surface area contributed by atoms with Crippen LogP contribution in [0.1, 0.15) is 10.4 Å². The zero-order chi connectivity index (χ0) is 8.97. The van der Waals surface area contributed by atoms with Gasteiger partial charge in [-0.15, -0.1) is 11.8 Å². The Morgan fingerprint density at radius 2 is 2.25 bits per heavy atom. The van der Waals surface area contributed by atoms with Crippen LogP contribution in [0.4, 0.5) is 0 Å². The van der Waals surface area contributed by atoms with Crippen LogP contribution in [0.25, 0.3) is 0 Å². The van der Waals surface area contributed by atoms with E-state index in [9.17, 15) is 4.79 Å². The number of aldehydes is 1. The predicted molar refractivity (Wildman–Crippen MR) is 50.2 cm³/mol. The summed E-state index contributed by atoms with van der Waals surface area (Å²) in [7, 11) is 1.56. The van der Waals surface area contributed by atoms with Gasteiger partial charge < -0.3 is 4.74 Å². The molecule has 2 nitrogen and oxygen atoms in total. The number of carbonyl (C=O) groups excluding carboxylic acids is 1. The molecule has 12 heavy (non-hydrogen) atoms. The summed E-state index contributed by atoms with van der Waals surface area (Å²) in [6.45, 7) is 0. The lowest BCUT2D eigenvalue weighted by Crippen LogP contribution is -1.91. The van der Waals surface area contributed by atoms with E-state index < -0.39 is 0 Å². The molecule has 0 bridgehead atoms. The van der Waals surface area contributed by atoms with Crippen molar-refractivity contribution in [2.24, 2.45) is 0 Å². The zero-order valence-electron chi connectivity index (χ0n) is 7.03. The number of ether oxygens (including phenoxy) is 1. The van der Waals surface area contributed by atoms with Crippen LogP contribution >= 0.6 is 11.8 Å². The van der Waals surface area contributed by atoms with Gasteiger partial charge in [0.2, 0.25) is 0 Å². The summed E-state index contributed by atoms with van der Waals surface area (Å²) in [5.41, 5.74) is 0.632. The van der Waals surface area contributed by atoms with Crippen molar-refractivity contribution < 1.29 is 9.53 Å². The number of benzene rings is 1. The maximum Gasteiger partial charge on any atom is 0.154 e. The molecule has 0 aliphatic carbocycles. The fourth-order valence-electron chi connectivity index (χ4n) is 0.996. The molecule has 0 fully saturated rings. The van der Waals surface area contributed by atoms with Crippen molar-refractivity contribution in [2.75, 3.05) is 13.4 Å². The van der Waals surface area contributed by atoms with E-state index in [1.807, 2.05) is 18.4 Å². The van der Waals surface area contributed by atoms with Crippen LogP contribution < -0.4 is 4.74 Å². The van der Waals surface area contributed by atoms with E-state index in [4.69, 9.17) is 4.74 Å². The minimum atomic E-state index is 0.632. The SMILES string of the molecule is COc1cccc(SC)c1C=O. The molecule has 0 amide bonds. The third kappa shape index (κ3) is 1.61. The second-order valence-electron chi connectivity index (χ2n) is 2.19. The normalized spacial score (nSPS) is 9.50. The first kappa shape index (κ1) is 9.13. The first-order valence-electron chi connectivity index (χ1n) is 3.49. The third-order valence-corrected chi connectivity index (χ3v) is 2.38. The monoisotopic (exact) mass is 182 g/mol. The van der Waals surface area contributed by atoms with E-state index in [1.165, 1.54) is 11.8 Å². The van der Waals surface area contributed by atoms with E-state index in [-0.39, 0.29) is 0 Å². The Kier molecular flexibility index (Phi) is 3.17. The van der Waals surface area contributed by atoms with Gasteiger partial charge in [-0.3, -0.25) is 4.79 Å². The average Bonchev–Trinajstić information content (AvgIpc) is 2.16. The van der Waals surface area contributed by atoms with Gasteiger partial charge in [0.05, 0.1) is 12.7 Å². The molecule has 3 heteroatoms. The van der Waals surface area contributed by atoms with E-state index in [1.54, 1.807) is 13.2 Å². The Balaban J connectivity index is 3.21. The largest absolute Gasteiger partial charge is 0.496 e. The fraction of sp³-hybridized carbons (Fsp3) is 0.222. The summed E-state index contributed by atoms with van der Waals surface area (Å²) in [4.78, 5) is 11.6. The fourth-order valence-corrected chi connectivity index (χ4v) is 1.58. The third-order valence-electron chi connectivity index (χ3n) is 1.58. The van der Waals surface area contributed by atoms with Gasteiger partial charge in [0.25, 0.3) is 0 Å². The van der Waals surface area contributed by atoms with Gasteiger partial charge in [0, 0.05) is 4.90 Å². The summed E-state index contributed by atoms with van der Waals surface area (Å²) in [6, 6.07) is 5.55. The van der Waals surface area contributed by atoms with E-state index >= 15 is 0 Å². The molecule has 0 saturated heterocycles. The molecule has 0 radical (unpaired) electrons. The lowest BCUT2D eigenvalue weighted by atomic mass is 10.2. The van der Waals surface area contributed by atoms with Crippen molar-refractivity contribution in [3.8, 4) is 5.75 Å². The number of thioether (sulfide) groups is 1. The number of hydrogen-bond donors (Lipinski definition) is 0. The van der Waals surface area contributed by atoms with Crippen LogP contribution in [0.3, 0.4) is 0 Å². The highest BCUT2D eigenvalue weighted by molar-refractivity contribution is 7.98. The van der Waals surface area contributed by atoms with Gasteiger partial charge in [-0.05, 0) is 18.4 Å². The quantitative estimate of drug-likeness (QED) is 0.529. The molecule has 0 aliphatic rings. The van der Waals surface area contributed by atoms with Gasteiger partial charge in [-0.2, -0.15) is 0 Å². The molecule has 0 N–H and O–H groups in total. The van der Waals surface area contributed by atoms with Gasteiger partial charge in [-0.1, -0.05) is 6.07 Å². The van der Waals surface area contributed by atoms with Gasteiger partial charge in [0.15, 0.2) is 6.29 Å². The Morgan fingerprint density at radius 1 is 1.50 bits per heavy atom. The van der Waals surface area contributed by atoms with E-state index in [0.717, 1.165) is 11.2 Å². The van der Waals surface area contributed by atoms with Crippen LogP contribution in [0.2, 0.25) is 0 Å². The van der Waals surface area contributed by atoms with Crippen molar-refractivity contribution >= 4 is 18.0 Å². The standard InChI is InChI=1S/C9H10O2S/c1-11-8-4-3-5-9(12-2)7(8)6-10/h3-6H,1-2H3. The van der Waals surface area contributed by atoms with Gasteiger partial charge >= 0.3 is 0 Å². The lowest BCUT2D eigenvalue weighted by Gasteiger charge is -2.05. The van der Waals surface area contributed by atoms with E-state index in [2.05, 4.69) is 0 Å². The van der Waals surface area contributed by atoms with Crippen LogP contribution in [0.15, 0.2) is 23.1 Å². The molecule has 0 spiro atoms. The minimum Gasteiger partial charge on any atom is -0.496 e. The molecular formula is C9H10O2S. The highest BCUT2D eigenvalue weighted by Crippen LogP contribution is 2.26. The molecular weight excluding hydrogens is 172 g/mol. The van der Waals surface area contributed by atoms with Crippen molar-refractivity contribution in [3.05, 3.63) is 23.8 Å². The summed E-state index contributed by atoms with van der Waals surface area (Å²) >= 11 is 1.54. The van der Waals surface area contributed by atoms with Crippen LogP contribution in [0, 0.1) is 0 Å². The maximum absolute atomic E-state index is 10.7. The molecule has 1 aromatic rings. The second kappa shape index (κ2) is 4.16. The number of hydrogen-bond acceptors (Lipinski definition) is 3. The zero-order valence-corrected chi connectivity index (χ0v) is 7.85. The topological polar surface area (TPSA) is 26.3 Å². The smallest absolute Gasteiger partial charge is 0.154 e. The summed E-state index contributed by atoms with van der Waals surface area (Å²) in [6.07, 6.45) is 2.76. The van der Waals surface area contributed by atoms with Crippen molar-refractivity contribution in [2.45, 2.75) is 4.90 Å². The lowest BCUT2D eigenvalue weighted by molar-refractivity contribution is 0.111. The molecule has 0 aliphatic heterocycles. The van der Waals surface area contributed by atoms with Crippen LogP contribution in [-0.4, -0.2) is 19.7 Å². The van der Waals surface area contributed by atoms with Crippen LogP contribution in [0.5, 0.6) is 5.75 Å². The summed E-state index contributed by atoms with van der Waals surface area (Å²) in [5.74, 6) is 0.636. The second-order valence-corrected chi connectivity index (χ2v) is 3.04. The molecule has 0 atom stereocenters. The Labute approximate surface area is 75.9 Å². The highest BCUT2D eigenvalue weighted by Gasteiger charge is 2.05. The molecule has 0 aromatic heterocycles. The van der Waals surface area contributed by atoms with Crippen molar-refractivity contribution in [1.82, 2.24) is 0 Å². The Bertz CT molecular complexity index is 262. The number of methoxy groups -OCH3 is 1. The Morgan fingerprint density at radius 3 is 2.75 bits per heavy atom. The minimum absolute atomic E-state index is 0.632. The van der Waals surface area contributed by atoms with E-state index in [0.29, 0.717) is 11.3 Å². The molecule has 0 unspecified atom stereocenters. The first-order chi connectivity index (χ1) is 5.83. The predicted octanol–water partition coefficient (Wildman–Crippen LogP) is 2.23. The number of carbonyl (C=O) groups is 1. The molecule has 64 valence electrons. The van der Waals surface area contributed by atoms with Crippen molar-refractivity contribution in [1.29, 1.82) is 0 Å².